The van der Waals surface area contributed by atoms with Crippen LogP contribution < -0.4 is 4.74 Å². The van der Waals surface area contributed by atoms with Crippen molar-refractivity contribution < 1.29 is 9.57 Å². The van der Waals surface area contributed by atoms with E-state index in [0.717, 1.165) is 5.56 Å². The molecule has 0 aliphatic rings. The molecule has 0 bridgehead atoms. The third-order valence-corrected chi connectivity index (χ3v) is 2.76. The van der Waals surface area contributed by atoms with Gasteiger partial charge in [0, 0.05) is 11.6 Å². The molecule has 0 unspecified atom stereocenters. The number of ether oxygens (including phenoxy) is 1. The lowest BCUT2D eigenvalue weighted by Gasteiger charge is -2.09. The van der Waals surface area contributed by atoms with Gasteiger partial charge in [0.1, 0.15) is 18.1 Å². The molecule has 0 fully saturated rings. The fourth-order valence-corrected chi connectivity index (χ4v) is 1.73. The first-order valence-corrected chi connectivity index (χ1v) is 7.34. The summed E-state index contributed by atoms with van der Waals surface area (Å²) in [5, 5.41) is 4.24. The summed E-state index contributed by atoms with van der Waals surface area (Å²) < 4.78 is 5.48. The molecule has 0 saturated heterocycles. The Labute approximate surface area is 136 Å². The summed E-state index contributed by atoms with van der Waals surface area (Å²) in [6.07, 6.45) is 1.42. The zero-order valence-corrected chi connectivity index (χ0v) is 13.5. The molecule has 2 aromatic rings. The predicted molar refractivity (Wildman–Crippen MR) is 89.3 cm³/mol. The van der Waals surface area contributed by atoms with E-state index in [9.17, 15) is 0 Å². The Kier molecular flexibility index (Phi) is 6.13. The molecule has 23 heavy (non-hydrogen) atoms. The first kappa shape index (κ1) is 16.5. The van der Waals surface area contributed by atoms with Gasteiger partial charge in [0.25, 0.3) is 0 Å². The molecule has 1 aromatic carbocycles. The van der Waals surface area contributed by atoms with E-state index in [0.29, 0.717) is 17.3 Å². The molecule has 0 radical (unpaired) electrons. The molecule has 0 saturated carbocycles. The van der Waals surface area contributed by atoms with E-state index in [1.165, 1.54) is 6.33 Å². The SMILES string of the molecule is CC#CCOc1cc(/C(=N/OC(C)C)c2ccccc2)ncn1. The smallest absolute Gasteiger partial charge is 0.217 e. The van der Waals surface area contributed by atoms with Gasteiger partial charge in [-0.25, -0.2) is 9.97 Å². The highest BCUT2D eigenvalue weighted by Crippen LogP contribution is 2.13. The van der Waals surface area contributed by atoms with Gasteiger partial charge >= 0.3 is 0 Å². The van der Waals surface area contributed by atoms with Crippen LogP contribution in [-0.4, -0.2) is 28.4 Å². The molecular weight excluding hydrogens is 290 g/mol. The van der Waals surface area contributed by atoms with Crippen molar-refractivity contribution in [2.45, 2.75) is 26.9 Å². The Morgan fingerprint density at radius 3 is 2.70 bits per heavy atom. The van der Waals surface area contributed by atoms with Gasteiger partial charge in [0.2, 0.25) is 5.88 Å². The molecule has 0 atom stereocenters. The fraction of sp³-hybridized carbons (Fsp3) is 0.278. The fourth-order valence-electron chi connectivity index (χ4n) is 1.73. The molecular formula is C18H19N3O2. The predicted octanol–water partition coefficient (Wildman–Crippen LogP) is 3.06. The highest BCUT2D eigenvalue weighted by atomic mass is 16.6. The van der Waals surface area contributed by atoms with E-state index in [-0.39, 0.29) is 12.7 Å². The highest BCUT2D eigenvalue weighted by molar-refractivity contribution is 6.11. The first-order valence-electron chi connectivity index (χ1n) is 7.34. The summed E-state index contributed by atoms with van der Waals surface area (Å²) in [4.78, 5) is 13.8. The Bertz CT molecular complexity index is 716. The molecule has 5 nitrogen and oxygen atoms in total. The maximum atomic E-state index is 5.48. The quantitative estimate of drug-likeness (QED) is 0.467. The van der Waals surface area contributed by atoms with Crippen molar-refractivity contribution in [3.63, 3.8) is 0 Å². The molecule has 1 aromatic heterocycles. The second-order valence-corrected chi connectivity index (χ2v) is 4.92. The zero-order chi connectivity index (χ0) is 16.5. The van der Waals surface area contributed by atoms with Crippen LogP contribution in [0.15, 0.2) is 47.9 Å². The number of rotatable bonds is 6. The average molecular weight is 309 g/mol. The van der Waals surface area contributed by atoms with Gasteiger partial charge in [-0.3, -0.25) is 0 Å². The van der Waals surface area contributed by atoms with E-state index in [2.05, 4.69) is 27.0 Å². The van der Waals surface area contributed by atoms with Gasteiger partial charge in [0.15, 0.2) is 6.61 Å². The second-order valence-electron chi connectivity index (χ2n) is 4.92. The van der Waals surface area contributed by atoms with Crippen LogP contribution in [0.4, 0.5) is 0 Å². The molecule has 118 valence electrons. The van der Waals surface area contributed by atoms with E-state index in [4.69, 9.17) is 9.57 Å². The van der Waals surface area contributed by atoms with Crippen molar-refractivity contribution in [2.24, 2.45) is 5.16 Å². The van der Waals surface area contributed by atoms with Crippen molar-refractivity contribution in [3.05, 3.63) is 54.0 Å². The number of hydrogen-bond donors (Lipinski definition) is 0. The average Bonchev–Trinajstić information content (AvgIpc) is 2.56. The van der Waals surface area contributed by atoms with Crippen molar-refractivity contribution in [1.82, 2.24) is 9.97 Å². The van der Waals surface area contributed by atoms with Crippen LogP contribution >= 0.6 is 0 Å². The van der Waals surface area contributed by atoms with Gasteiger partial charge in [0.05, 0.1) is 5.69 Å². The molecule has 0 aliphatic heterocycles. The lowest BCUT2D eigenvalue weighted by Crippen LogP contribution is -2.10. The van der Waals surface area contributed by atoms with Gasteiger partial charge in [-0.15, -0.1) is 5.92 Å². The minimum absolute atomic E-state index is 0.0221. The molecule has 5 heteroatoms. The summed E-state index contributed by atoms with van der Waals surface area (Å²) in [5.74, 6) is 6.05. The second kappa shape index (κ2) is 8.54. The lowest BCUT2D eigenvalue weighted by molar-refractivity contribution is 0.0862. The topological polar surface area (TPSA) is 56.6 Å². The van der Waals surface area contributed by atoms with Gasteiger partial charge in [-0.05, 0) is 20.8 Å². The third-order valence-electron chi connectivity index (χ3n) is 2.76. The monoisotopic (exact) mass is 309 g/mol. The van der Waals surface area contributed by atoms with E-state index in [1.807, 2.05) is 44.2 Å². The van der Waals surface area contributed by atoms with Crippen LogP contribution in [0.1, 0.15) is 32.0 Å². The van der Waals surface area contributed by atoms with Crippen LogP contribution in [0.2, 0.25) is 0 Å². The van der Waals surface area contributed by atoms with Crippen LogP contribution in [0.25, 0.3) is 0 Å². The Morgan fingerprint density at radius 2 is 2.00 bits per heavy atom. The number of hydrogen-bond acceptors (Lipinski definition) is 5. The normalized spacial score (nSPS) is 10.9. The minimum Gasteiger partial charge on any atom is -0.464 e. The lowest BCUT2D eigenvalue weighted by atomic mass is 10.1. The first-order chi connectivity index (χ1) is 11.2. The largest absolute Gasteiger partial charge is 0.464 e. The molecule has 0 amide bonds. The maximum absolute atomic E-state index is 5.48. The maximum Gasteiger partial charge on any atom is 0.217 e. The minimum atomic E-state index is -0.0221. The number of benzene rings is 1. The summed E-state index contributed by atoms with van der Waals surface area (Å²) in [7, 11) is 0. The highest BCUT2D eigenvalue weighted by Gasteiger charge is 2.11. The van der Waals surface area contributed by atoms with Gasteiger partial charge < -0.3 is 9.57 Å². The summed E-state index contributed by atoms with van der Waals surface area (Å²) in [6, 6.07) is 11.5. The van der Waals surface area contributed by atoms with Crippen molar-refractivity contribution in [1.29, 1.82) is 0 Å². The van der Waals surface area contributed by atoms with Crippen LogP contribution in [0.3, 0.4) is 0 Å². The number of aromatic nitrogens is 2. The van der Waals surface area contributed by atoms with Crippen LogP contribution in [0, 0.1) is 11.8 Å². The van der Waals surface area contributed by atoms with Crippen LogP contribution in [0.5, 0.6) is 5.88 Å². The van der Waals surface area contributed by atoms with Crippen molar-refractivity contribution >= 4 is 5.71 Å². The van der Waals surface area contributed by atoms with Gasteiger partial charge in [-0.2, -0.15) is 0 Å². The standard InChI is InChI=1S/C18H19N3O2/c1-4-5-11-22-17-12-16(19-13-20-17)18(21-23-14(2)3)15-9-7-6-8-10-15/h6-10,12-14H,11H2,1-3H3/b21-18+. The molecule has 0 spiro atoms. The Balaban J connectivity index is 2.33. The molecule has 1 heterocycles. The number of oxime groups is 1. The summed E-state index contributed by atoms with van der Waals surface area (Å²) in [6.45, 7) is 5.89. The summed E-state index contributed by atoms with van der Waals surface area (Å²) >= 11 is 0. The van der Waals surface area contributed by atoms with E-state index in [1.54, 1.807) is 13.0 Å². The molecule has 2 rings (SSSR count). The molecule has 0 aliphatic carbocycles. The summed E-state index contributed by atoms with van der Waals surface area (Å²) in [5.41, 5.74) is 2.17. The number of nitrogens with zero attached hydrogens (tertiary/aromatic N) is 3. The Hall–Kier alpha value is -2.87. The Morgan fingerprint density at radius 1 is 1.22 bits per heavy atom. The van der Waals surface area contributed by atoms with E-state index >= 15 is 0 Å². The van der Waals surface area contributed by atoms with Crippen molar-refractivity contribution in [3.8, 4) is 17.7 Å². The zero-order valence-electron chi connectivity index (χ0n) is 13.5. The third kappa shape index (κ3) is 5.11. The van der Waals surface area contributed by atoms with Gasteiger partial charge in [-0.1, -0.05) is 41.4 Å². The van der Waals surface area contributed by atoms with E-state index < -0.39 is 0 Å². The van der Waals surface area contributed by atoms with Crippen LogP contribution in [-0.2, 0) is 4.84 Å². The van der Waals surface area contributed by atoms with Crippen molar-refractivity contribution in [2.75, 3.05) is 6.61 Å². The molecule has 0 N–H and O–H groups in total.